The lowest BCUT2D eigenvalue weighted by molar-refractivity contribution is -0.122. The highest BCUT2D eigenvalue weighted by molar-refractivity contribution is 7.90. The quantitative estimate of drug-likeness (QED) is 0.574. The number of hydrogen-bond donors (Lipinski definition) is 2. The molecule has 2 heterocycles. The number of nitrogens with zero attached hydrogens (tertiary/aromatic N) is 2. The van der Waals surface area contributed by atoms with Crippen molar-refractivity contribution >= 4 is 21.8 Å². The second-order valence-electron chi connectivity index (χ2n) is 9.21. The molecule has 0 bridgehead atoms. The summed E-state index contributed by atoms with van der Waals surface area (Å²) in [5.41, 5.74) is 1.84. The minimum absolute atomic E-state index is 0.135. The van der Waals surface area contributed by atoms with E-state index in [0.717, 1.165) is 45.3 Å². The molecule has 2 N–H and O–H groups in total. The molecule has 8 heteroatoms. The molecule has 0 spiro atoms. The zero-order chi connectivity index (χ0) is 24.0. The minimum atomic E-state index is -3.63. The van der Waals surface area contributed by atoms with Gasteiger partial charge >= 0.3 is 0 Å². The highest BCUT2D eigenvalue weighted by Gasteiger charge is 2.32. The number of sulfonamides is 1. The standard InChI is InChI=1S/C26H34N4O3S/c1-2-3-14-23(28-25-22-13-7-8-15-24(22)34(32,33)29-25)26(31)27-17-21-12-9-16-30(19-21)18-20-10-5-4-6-11-20/h4-8,10-11,13,15,21,23H,2-3,9,12,14,16-19H2,1H3,(H,27,31)(H,28,29)/t21-,23+/m1/s1. The molecule has 4 rings (SSSR count). The summed E-state index contributed by atoms with van der Waals surface area (Å²) in [4.78, 5) is 20.4. The molecule has 0 saturated carbocycles. The van der Waals surface area contributed by atoms with Crippen LogP contribution in [0.15, 0.2) is 64.5 Å². The van der Waals surface area contributed by atoms with E-state index in [4.69, 9.17) is 0 Å². The van der Waals surface area contributed by atoms with Crippen LogP contribution in [0.3, 0.4) is 0 Å². The summed E-state index contributed by atoms with van der Waals surface area (Å²) < 4.78 is 27.4. The Morgan fingerprint density at radius 3 is 2.74 bits per heavy atom. The number of carbonyl (C=O) groups excluding carboxylic acids is 1. The lowest BCUT2D eigenvalue weighted by atomic mass is 9.97. The Bertz CT molecular complexity index is 1120. The largest absolute Gasteiger partial charge is 0.354 e. The summed E-state index contributed by atoms with van der Waals surface area (Å²) in [6.45, 7) is 5.64. The predicted molar refractivity (Wildman–Crippen MR) is 134 cm³/mol. The van der Waals surface area contributed by atoms with E-state index in [2.05, 4.69) is 51.1 Å². The summed E-state index contributed by atoms with van der Waals surface area (Å²) >= 11 is 0. The van der Waals surface area contributed by atoms with Gasteiger partial charge in [0.05, 0.1) is 4.90 Å². The summed E-state index contributed by atoms with van der Waals surface area (Å²) in [5.74, 6) is 0.523. The fourth-order valence-electron chi connectivity index (χ4n) is 4.70. The predicted octanol–water partition coefficient (Wildman–Crippen LogP) is 3.31. The zero-order valence-electron chi connectivity index (χ0n) is 19.7. The smallest absolute Gasteiger partial charge is 0.263 e. The lowest BCUT2D eigenvalue weighted by Crippen LogP contribution is -2.43. The average molecular weight is 483 g/mol. The maximum absolute atomic E-state index is 13.1. The van der Waals surface area contributed by atoms with E-state index >= 15 is 0 Å². The first-order chi connectivity index (χ1) is 16.5. The van der Waals surface area contributed by atoms with E-state index in [0.29, 0.717) is 24.4 Å². The van der Waals surface area contributed by atoms with Gasteiger partial charge in [-0.2, -0.15) is 0 Å². The van der Waals surface area contributed by atoms with Gasteiger partial charge in [-0.1, -0.05) is 62.2 Å². The second kappa shape index (κ2) is 11.1. The zero-order valence-corrected chi connectivity index (χ0v) is 20.6. The van der Waals surface area contributed by atoms with E-state index in [1.54, 1.807) is 24.3 Å². The first-order valence-electron chi connectivity index (χ1n) is 12.2. The molecular formula is C26H34N4O3S. The van der Waals surface area contributed by atoms with Crippen LogP contribution in [-0.2, 0) is 21.4 Å². The van der Waals surface area contributed by atoms with E-state index in [9.17, 15) is 13.2 Å². The van der Waals surface area contributed by atoms with Crippen LogP contribution in [0.5, 0.6) is 0 Å². The van der Waals surface area contributed by atoms with Crippen molar-refractivity contribution in [2.45, 2.75) is 56.5 Å². The van der Waals surface area contributed by atoms with Gasteiger partial charge in [0, 0.05) is 25.2 Å². The number of nitrogens with one attached hydrogen (secondary N) is 2. The number of aliphatic imine (C=N–C) groups is 1. The van der Waals surface area contributed by atoms with E-state index in [1.165, 1.54) is 5.56 Å². The number of amidine groups is 1. The van der Waals surface area contributed by atoms with Gasteiger partial charge in [0.15, 0.2) is 0 Å². The number of likely N-dealkylation sites (tertiary alicyclic amines) is 1. The summed E-state index contributed by atoms with van der Waals surface area (Å²) in [5, 5.41) is 3.11. The van der Waals surface area contributed by atoms with Crippen molar-refractivity contribution in [3.05, 3.63) is 65.7 Å². The number of benzene rings is 2. The van der Waals surface area contributed by atoms with Crippen LogP contribution in [-0.4, -0.2) is 50.7 Å². The van der Waals surface area contributed by atoms with Crippen molar-refractivity contribution in [1.82, 2.24) is 14.9 Å². The Hall–Kier alpha value is -2.71. The molecule has 34 heavy (non-hydrogen) atoms. The first-order valence-corrected chi connectivity index (χ1v) is 13.7. The molecule has 2 aliphatic heterocycles. The Morgan fingerprint density at radius 2 is 1.94 bits per heavy atom. The van der Waals surface area contributed by atoms with Gasteiger partial charge in [0.1, 0.15) is 11.9 Å². The molecule has 1 saturated heterocycles. The highest BCUT2D eigenvalue weighted by atomic mass is 32.2. The number of carbonyl (C=O) groups is 1. The summed E-state index contributed by atoms with van der Waals surface area (Å²) in [7, 11) is -3.63. The van der Waals surface area contributed by atoms with Crippen molar-refractivity contribution in [1.29, 1.82) is 0 Å². The molecular weight excluding hydrogens is 448 g/mol. The lowest BCUT2D eigenvalue weighted by Gasteiger charge is -2.33. The van der Waals surface area contributed by atoms with Crippen molar-refractivity contribution in [3.8, 4) is 0 Å². The number of hydrogen-bond acceptors (Lipinski definition) is 5. The SMILES string of the molecule is CCCC[C@H](N=C1NS(=O)(=O)c2ccccc21)C(=O)NC[C@H]1CCCN(Cc2ccccc2)C1. The molecule has 0 aromatic heterocycles. The Kier molecular flexibility index (Phi) is 8.00. The van der Waals surface area contributed by atoms with E-state index in [1.807, 2.05) is 6.07 Å². The Balaban J connectivity index is 1.39. The molecule has 182 valence electrons. The highest BCUT2D eigenvalue weighted by Crippen LogP contribution is 2.23. The fraction of sp³-hybridized carbons (Fsp3) is 0.462. The normalized spacial score (nSPS) is 21.6. The second-order valence-corrected chi connectivity index (χ2v) is 10.9. The molecule has 0 unspecified atom stereocenters. The third-order valence-corrected chi connectivity index (χ3v) is 7.90. The molecule has 7 nitrogen and oxygen atoms in total. The summed E-state index contributed by atoms with van der Waals surface area (Å²) in [6.07, 6.45) is 4.58. The molecule has 1 amide bonds. The molecule has 0 aliphatic carbocycles. The minimum Gasteiger partial charge on any atom is -0.354 e. The van der Waals surface area contributed by atoms with E-state index < -0.39 is 16.1 Å². The van der Waals surface area contributed by atoms with Gasteiger partial charge in [0.2, 0.25) is 5.91 Å². The molecule has 1 fully saturated rings. The maximum atomic E-state index is 13.1. The van der Waals surface area contributed by atoms with Crippen LogP contribution in [0.2, 0.25) is 0 Å². The van der Waals surface area contributed by atoms with Crippen LogP contribution >= 0.6 is 0 Å². The van der Waals surface area contributed by atoms with Crippen LogP contribution < -0.4 is 10.0 Å². The number of rotatable bonds is 9. The van der Waals surface area contributed by atoms with Crippen LogP contribution in [0, 0.1) is 5.92 Å². The first kappa shape index (κ1) is 24.4. The van der Waals surface area contributed by atoms with Crippen molar-refractivity contribution in [3.63, 3.8) is 0 Å². The molecule has 2 atom stereocenters. The number of unbranched alkanes of at least 4 members (excludes halogenated alkanes) is 1. The third-order valence-electron chi connectivity index (χ3n) is 6.50. The van der Waals surface area contributed by atoms with Crippen LogP contribution in [0.25, 0.3) is 0 Å². The van der Waals surface area contributed by atoms with Gasteiger partial charge in [-0.25, -0.2) is 8.42 Å². The van der Waals surface area contributed by atoms with Gasteiger partial charge in [-0.05, 0) is 49.4 Å². The number of amides is 1. The Labute approximate surface area is 202 Å². The molecule has 2 aliphatic rings. The van der Waals surface area contributed by atoms with Crippen LogP contribution in [0.4, 0.5) is 0 Å². The van der Waals surface area contributed by atoms with Crippen molar-refractivity contribution in [2.75, 3.05) is 19.6 Å². The summed E-state index contributed by atoms with van der Waals surface area (Å²) in [6, 6.07) is 16.6. The van der Waals surface area contributed by atoms with Gasteiger partial charge < -0.3 is 5.32 Å². The van der Waals surface area contributed by atoms with Gasteiger partial charge in [-0.3, -0.25) is 19.4 Å². The molecule has 2 aromatic rings. The number of fused-ring (bicyclic) bond motifs is 1. The van der Waals surface area contributed by atoms with Crippen molar-refractivity contribution < 1.29 is 13.2 Å². The van der Waals surface area contributed by atoms with Crippen LogP contribution in [0.1, 0.15) is 50.2 Å². The fourth-order valence-corrected chi connectivity index (χ4v) is 5.94. The Morgan fingerprint density at radius 1 is 1.18 bits per heavy atom. The maximum Gasteiger partial charge on any atom is 0.263 e. The van der Waals surface area contributed by atoms with Gasteiger partial charge in [0.25, 0.3) is 10.0 Å². The van der Waals surface area contributed by atoms with E-state index in [-0.39, 0.29) is 16.6 Å². The third kappa shape index (κ3) is 6.04. The molecule has 0 radical (unpaired) electrons. The number of piperidine rings is 1. The molecule has 2 aromatic carbocycles. The monoisotopic (exact) mass is 482 g/mol. The van der Waals surface area contributed by atoms with Gasteiger partial charge in [-0.15, -0.1) is 0 Å². The average Bonchev–Trinajstić information content (AvgIpc) is 3.11. The van der Waals surface area contributed by atoms with Crippen molar-refractivity contribution in [2.24, 2.45) is 10.9 Å². The topological polar surface area (TPSA) is 90.9 Å².